The number of hydrogen-bond donors (Lipinski definition) is 0. The molecular formula is C21H22FNO4. The van der Waals surface area contributed by atoms with Crippen molar-refractivity contribution in [2.45, 2.75) is 33.3 Å². The molecule has 0 aliphatic heterocycles. The zero-order chi connectivity index (χ0) is 19.6. The van der Waals surface area contributed by atoms with E-state index in [1.54, 1.807) is 6.07 Å². The lowest BCUT2D eigenvalue weighted by molar-refractivity contribution is -0.148. The molecule has 0 N–H and O–H groups in total. The van der Waals surface area contributed by atoms with E-state index in [0.717, 1.165) is 22.6 Å². The van der Waals surface area contributed by atoms with Gasteiger partial charge in [-0.3, -0.25) is 4.79 Å². The third-order valence-corrected chi connectivity index (χ3v) is 4.64. The van der Waals surface area contributed by atoms with Gasteiger partial charge in [0.2, 0.25) is 0 Å². The average molecular weight is 371 g/mol. The first kappa shape index (κ1) is 18.9. The Morgan fingerprint density at radius 2 is 2.15 bits per heavy atom. The Hall–Kier alpha value is -2.89. The Morgan fingerprint density at radius 3 is 2.70 bits per heavy atom. The molecule has 1 aromatic heterocycles. The van der Waals surface area contributed by atoms with Crippen LogP contribution in [0.4, 0.5) is 4.39 Å². The Bertz CT molecular complexity index is 893. The van der Waals surface area contributed by atoms with E-state index in [0.29, 0.717) is 17.7 Å². The lowest BCUT2D eigenvalue weighted by atomic mass is 9.86. The van der Waals surface area contributed by atoms with Crippen LogP contribution in [0.15, 0.2) is 41.0 Å². The van der Waals surface area contributed by atoms with E-state index in [1.807, 2.05) is 26.0 Å². The zero-order valence-corrected chi connectivity index (χ0v) is 15.8. The van der Waals surface area contributed by atoms with Crippen LogP contribution in [-0.2, 0) is 9.53 Å². The largest absolute Gasteiger partial charge is 0.496 e. The SMILES string of the molecule is COc1ccc(F)cc1C(OC(C)=O)C1C=CC(c2c(C)noc2C)=CC1. The molecule has 2 atom stereocenters. The second-order valence-electron chi connectivity index (χ2n) is 6.53. The van der Waals surface area contributed by atoms with Gasteiger partial charge in [0, 0.05) is 24.0 Å². The molecule has 3 rings (SSSR count). The highest BCUT2D eigenvalue weighted by Crippen LogP contribution is 2.39. The predicted octanol–water partition coefficient (Wildman–Crippen LogP) is 4.70. The molecule has 6 heteroatoms. The highest BCUT2D eigenvalue weighted by molar-refractivity contribution is 5.77. The number of nitrogens with zero attached hydrogens (tertiary/aromatic N) is 1. The van der Waals surface area contributed by atoms with E-state index < -0.39 is 17.9 Å². The van der Waals surface area contributed by atoms with E-state index in [-0.39, 0.29) is 5.92 Å². The number of aromatic nitrogens is 1. The fourth-order valence-corrected chi connectivity index (χ4v) is 3.43. The quantitative estimate of drug-likeness (QED) is 0.713. The molecule has 1 aromatic carbocycles. The van der Waals surface area contributed by atoms with Crippen molar-refractivity contribution in [2.24, 2.45) is 5.92 Å². The lowest BCUT2D eigenvalue weighted by Gasteiger charge is -2.27. The minimum absolute atomic E-state index is 0.145. The summed E-state index contributed by atoms with van der Waals surface area (Å²) in [4.78, 5) is 11.7. The van der Waals surface area contributed by atoms with Crippen molar-refractivity contribution in [3.63, 3.8) is 0 Å². The normalized spacial score (nSPS) is 17.4. The van der Waals surface area contributed by atoms with Gasteiger partial charge in [-0.15, -0.1) is 0 Å². The lowest BCUT2D eigenvalue weighted by Crippen LogP contribution is -2.19. The molecule has 1 heterocycles. The first-order valence-corrected chi connectivity index (χ1v) is 8.73. The highest BCUT2D eigenvalue weighted by atomic mass is 19.1. The number of halogens is 1. The third-order valence-electron chi connectivity index (χ3n) is 4.64. The minimum Gasteiger partial charge on any atom is -0.496 e. The fourth-order valence-electron chi connectivity index (χ4n) is 3.43. The van der Waals surface area contributed by atoms with Crippen molar-refractivity contribution in [2.75, 3.05) is 7.11 Å². The van der Waals surface area contributed by atoms with Gasteiger partial charge in [0.25, 0.3) is 0 Å². The number of aryl methyl sites for hydroxylation is 2. The molecular weight excluding hydrogens is 349 g/mol. The van der Waals surface area contributed by atoms with Gasteiger partial charge in [0.05, 0.1) is 12.8 Å². The van der Waals surface area contributed by atoms with Gasteiger partial charge in [-0.2, -0.15) is 0 Å². The zero-order valence-electron chi connectivity index (χ0n) is 15.8. The van der Waals surface area contributed by atoms with Gasteiger partial charge in [-0.05, 0) is 44.0 Å². The summed E-state index contributed by atoms with van der Waals surface area (Å²) in [5, 5.41) is 3.99. The molecule has 0 saturated carbocycles. The van der Waals surface area contributed by atoms with Crippen LogP contribution in [0.3, 0.4) is 0 Å². The number of allylic oxidation sites excluding steroid dienone is 3. The van der Waals surface area contributed by atoms with Gasteiger partial charge in [-0.1, -0.05) is 23.4 Å². The summed E-state index contributed by atoms with van der Waals surface area (Å²) in [5.74, 6) is 0.255. The molecule has 1 aliphatic rings. The number of hydrogen-bond acceptors (Lipinski definition) is 5. The standard InChI is InChI=1S/C21H22FNO4/c1-12-20(13(2)27-23-12)15-5-7-16(8-6-15)21(26-14(3)24)18-11-17(22)9-10-19(18)25-4/h5-7,9-11,16,21H,8H2,1-4H3. The van der Waals surface area contributed by atoms with Crippen LogP contribution in [0.2, 0.25) is 0 Å². The molecule has 5 nitrogen and oxygen atoms in total. The first-order chi connectivity index (χ1) is 12.9. The topological polar surface area (TPSA) is 61.6 Å². The smallest absolute Gasteiger partial charge is 0.303 e. The van der Waals surface area contributed by atoms with Crippen molar-refractivity contribution in [3.05, 3.63) is 64.8 Å². The van der Waals surface area contributed by atoms with Crippen LogP contribution >= 0.6 is 0 Å². The molecule has 2 unspecified atom stereocenters. The van der Waals surface area contributed by atoms with Crippen LogP contribution < -0.4 is 4.74 Å². The van der Waals surface area contributed by atoms with Gasteiger partial charge < -0.3 is 14.0 Å². The molecule has 27 heavy (non-hydrogen) atoms. The molecule has 0 bridgehead atoms. The molecule has 0 saturated heterocycles. The van der Waals surface area contributed by atoms with Crippen molar-refractivity contribution < 1.29 is 23.2 Å². The summed E-state index contributed by atoms with van der Waals surface area (Å²) in [6, 6.07) is 4.21. The second kappa shape index (κ2) is 7.78. The number of carbonyl (C=O) groups excluding carboxylic acids is 1. The van der Waals surface area contributed by atoms with Gasteiger partial charge in [-0.25, -0.2) is 4.39 Å². The molecule has 0 radical (unpaired) electrons. The fraction of sp³-hybridized carbons (Fsp3) is 0.333. The number of benzene rings is 1. The van der Waals surface area contributed by atoms with Gasteiger partial charge in [0.15, 0.2) is 0 Å². The summed E-state index contributed by atoms with van der Waals surface area (Å²) in [6.07, 6.45) is 5.96. The van der Waals surface area contributed by atoms with Crippen LogP contribution in [0.25, 0.3) is 5.57 Å². The van der Waals surface area contributed by atoms with E-state index in [4.69, 9.17) is 14.0 Å². The second-order valence-corrected chi connectivity index (χ2v) is 6.53. The Morgan fingerprint density at radius 1 is 1.37 bits per heavy atom. The van der Waals surface area contributed by atoms with Crippen LogP contribution in [0.5, 0.6) is 5.75 Å². The van der Waals surface area contributed by atoms with E-state index in [2.05, 4.69) is 11.2 Å². The van der Waals surface area contributed by atoms with Gasteiger partial charge >= 0.3 is 5.97 Å². The molecule has 0 amide bonds. The average Bonchev–Trinajstić information content (AvgIpc) is 2.98. The third kappa shape index (κ3) is 3.94. The van der Waals surface area contributed by atoms with E-state index in [9.17, 15) is 9.18 Å². The molecule has 0 spiro atoms. The maximum absolute atomic E-state index is 13.8. The molecule has 0 fully saturated rings. The van der Waals surface area contributed by atoms with Crippen molar-refractivity contribution in [3.8, 4) is 5.75 Å². The summed E-state index contributed by atoms with van der Waals surface area (Å²) < 4.78 is 30.0. The Kier molecular flexibility index (Phi) is 5.44. The van der Waals surface area contributed by atoms with Crippen molar-refractivity contribution >= 4 is 11.5 Å². The van der Waals surface area contributed by atoms with Crippen molar-refractivity contribution in [1.82, 2.24) is 5.16 Å². The summed E-state index contributed by atoms with van der Waals surface area (Å²) >= 11 is 0. The van der Waals surface area contributed by atoms with E-state index in [1.165, 1.54) is 26.2 Å². The Labute approximate surface area is 157 Å². The highest BCUT2D eigenvalue weighted by Gasteiger charge is 2.29. The summed E-state index contributed by atoms with van der Waals surface area (Å²) in [5.41, 5.74) is 3.31. The molecule has 1 aliphatic carbocycles. The number of ether oxygens (including phenoxy) is 2. The number of esters is 1. The summed E-state index contributed by atoms with van der Waals surface area (Å²) in [7, 11) is 1.51. The number of carbonyl (C=O) groups is 1. The van der Waals surface area contributed by atoms with Gasteiger partial charge in [0.1, 0.15) is 23.4 Å². The van der Waals surface area contributed by atoms with Crippen LogP contribution in [0, 0.1) is 25.6 Å². The monoisotopic (exact) mass is 371 g/mol. The maximum Gasteiger partial charge on any atom is 0.303 e. The summed E-state index contributed by atoms with van der Waals surface area (Å²) in [6.45, 7) is 5.11. The molecule has 2 aromatic rings. The predicted molar refractivity (Wildman–Crippen MR) is 98.7 cm³/mol. The minimum atomic E-state index is -0.646. The maximum atomic E-state index is 13.8. The Balaban J connectivity index is 1.92. The molecule has 142 valence electrons. The van der Waals surface area contributed by atoms with Crippen LogP contribution in [-0.4, -0.2) is 18.2 Å². The van der Waals surface area contributed by atoms with Crippen LogP contribution in [0.1, 0.15) is 42.0 Å². The van der Waals surface area contributed by atoms with Crippen molar-refractivity contribution in [1.29, 1.82) is 0 Å². The first-order valence-electron chi connectivity index (χ1n) is 8.73. The number of methoxy groups -OCH3 is 1. The van der Waals surface area contributed by atoms with E-state index >= 15 is 0 Å². The number of rotatable bonds is 5.